The summed E-state index contributed by atoms with van der Waals surface area (Å²) >= 11 is 13.3. The maximum atomic E-state index is 11.0. The summed E-state index contributed by atoms with van der Waals surface area (Å²) in [6, 6.07) is 1.75. The molecule has 3 nitrogen and oxygen atoms in total. The first-order valence-electron chi connectivity index (χ1n) is 4.36. The van der Waals surface area contributed by atoms with Gasteiger partial charge < -0.3 is 0 Å². The molecule has 0 amide bonds. The standard InChI is InChI=1S/C10H6Cl2N2OS/c1-5-13-8(6(4-15)10(12)14-5)9-7(11)2-3-16-9/h2-4H,1H3. The summed E-state index contributed by atoms with van der Waals surface area (Å²) < 4.78 is 0. The first-order chi connectivity index (χ1) is 7.63. The minimum Gasteiger partial charge on any atom is -0.298 e. The van der Waals surface area contributed by atoms with Gasteiger partial charge in [-0.05, 0) is 18.4 Å². The summed E-state index contributed by atoms with van der Waals surface area (Å²) in [6.07, 6.45) is 0.646. The van der Waals surface area contributed by atoms with Crippen LogP contribution >= 0.6 is 34.5 Å². The number of hydrogen-bond donors (Lipinski definition) is 0. The summed E-state index contributed by atoms with van der Waals surface area (Å²) in [5.41, 5.74) is 0.768. The summed E-state index contributed by atoms with van der Waals surface area (Å²) in [7, 11) is 0. The van der Waals surface area contributed by atoms with Crippen molar-refractivity contribution in [2.24, 2.45) is 0 Å². The van der Waals surface area contributed by atoms with E-state index in [1.165, 1.54) is 11.3 Å². The maximum Gasteiger partial charge on any atom is 0.155 e. The van der Waals surface area contributed by atoms with Crippen LogP contribution in [0.15, 0.2) is 11.4 Å². The summed E-state index contributed by atoms with van der Waals surface area (Å²) in [6.45, 7) is 1.71. The van der Waals surface area contributed by atoms with Gasteiger partial charge in [-0.25, -0.2) is 9.97 Å². The van der Waals surface area contributed by atoms with E-state index in [1.807, 2.05) is 5.38 Å². The predicted octanol–water partition coefficient (Wildman–Crippen LogP) is 3.63. The Morgan fingerprint density at radius 2 is 2.12 bits per heavy atom. The van der Waals surface area contributed by atoms with Crippen LogP contribution in [0.5, 0.6) is 0 Å². The van der Waals surface area contributed by atoms with Crippen LogP contribution in [0.3, 0.4) is 0 Å². The van der Waals surface area contributed by atoms with Crippen LogP contribution in [0.4, 0.5) is 0 Å². The SMILES string of the molecule is Cc1nc(Cl)c(C=O)c(-c2sccc2Cl)n1. The molecular formula is C10H6Cl2N2OS. The zero-order valence-electron chi connectivity index (χ0n) is 8.20. The van der Waals surface area contributed by atoms with E-state index in [0.717, 1.165) is 4.88 Å². The Morgan fingerprint density at radius 3 is 2.69 bits per heavy atom. The Kier molecular flexibility index (Phi) is 3.23. The van der Waals surface area contributed by atoms with Crippen molar-refractivity contribution in [3.05, 3.63) is 33.0 Å². The molecule has 0 spiro atoms. The van der Waals surface area contributed by atoms with Gasteiger partial charge in [0.1, 0.15) is 11.0 Å². The second-order valence-electron chi connectivity index (χ2n) is 3.04. The Labute approximate surface area is 106 Å². The molecule has 2 rings (SSSR count). The molecule has 0 aliphatic carbocycles. The van der Waals surface area contributed by atoms with E-state index in [0.29, 0.717) is 22.8 Å². The summed E-state index contributed by atoms with van der Waals surface area (Å²) in [5.74, 6) is 0.509. The van der Waals surface area contributed by atoms with Crippen molar-refractivity contribution in [1.29, 1.82) is 0 Å². The van der Waals surface area contributed by atoms with E-state index in [4.69, 9.17) is 23.2 Å². The first-order valence-corrected chi connectivity index (χ1v) is 5.99. The number of rotatable bonds is 2. The van der Waals surface area contributed by atoms with Gasteiger partial charge in [0.2, 0.25) is 0 Å². The average Bonchev–Trinajstić information content (AvgIpc) is 2.63. The van der Waals surface area contributed by atoms with E-state index in [9.17, 15) is 4.79 Å². The van der Waals surface area contributed by atoms with Crippen molar-refractivity contribution >= 4 is 40.8 Å². The highest BCUT2D eigenvalue weighted by atomic mass is 35.5. The highest BCUT2D eigenvalue weighted by Gasteiger charge is 2.16. The second-order valence-corrected chi connectivity index (χ2v) is 4.72. The Balaban J connectivity index is 2.73. The fourth-order valence-corrected chi connectivity index (χ4v) is 2.69. The van der Waals surface area contributed by atoms with Gasteiger partial charge in [-0.15, -0.1) is 11.3 Å². The molecule has 2 heterocycles. The third-order valence-corrected chi connectivity index (χ3v) is 3.60. The summed E-state index contributed by atoms with van der Waals surface area (Å²) in [4.78, 5) is 19.8. The highest BCUT2D eigenvalue weighted by molar-refractivity contribution is 7.14. The van der Waals surface area contributed by atoms with Crippen LogP contribution in [-0.4, -0.2) is 16.3 Å². The fraction of sp³-hybridized carbons (Fsp3) is 0.100. The van der Waals surface area contributed by atoms with E-state index < -0.39 is 0 Å². The van der Waals surface area contributed by atoms with Crippen LogP contribution in [-0.2, 0) is 0 Å². The monoisotopic (exact) mass is 272 g/mol. The molecule has 2 aromatic rings. The van der Waals surface area contributed by atoms with Gasteiger partial charge in [0.05, 0.1) is 21.2 Å². The molecule has 0 aromatic carbocycles. The lowest BCUT2D eigenvalue weighted by Crippen LogP contribution is -1.98. The predicted molar refractivity (Wildman–Crippen MR) is 65.5 cm³/mol. The number of nitrogens with zero attached hydrogens (tertiary/aromatic N) is 2. The number of aryl methyl sites for hydroxylation is 1. The van der Waals surface area contributed by atoms with Crippen molar-refractivity contribution < 1.29 is 4.79 Å². The van der Waals surface area contributed by atoms with Gasteiger partial charge >= 0.3 is 0 Å². The number of thiophene rings is 1. The Morgan fingerprint density at radius 1 is 1.38 bits per heavy atom. The number of carbonyl (C=O) groups is 1. The lowest BCUT2D eigenvalue weighted by Gasteiger charge is -2.05. The second kappa shape index (κ2) is 4.49. The third kappa shape index (κ3) is 1.96. The Bertz CT molecular complexity index is 554. The van der Waals surface area contributed by atoms with E-state index in [-0.39, 0.29) is 10.7 Å². The molecule has 0 atom stereocenters. The molecule has 0 saturated heterocycles. The highest BCUT2D eigenvalue weighted by Crippen LogP contribution is 2.35. The molecule has 6 heteroatoms. The molecule has 0 unspecified atom stereocenters. The molecule has 0 bridgehead atoms. The molecule has 0 aliphatic rings. The number of aromatic nitrogens is 2. The average molecular weight is 273 g/mol. The van der Waals surface area contributed by atoms with Gasteiger partial charge in [0.25, 0.3) is 0 Å². The number of hydrogen-bond acceptors (Lipinski definition) is 4. The van der Waals surface area contributed by atoms with E-state index >= 15 is 0 Å². The minimum atomic E-state index is 0.155. The minimum absolute atomic E-state index is 0.155. The molecule has 0 saturated carbocycles. The number of carbonyl (C=O) groups excluding carboxylic acids is 1. The molecule has 0 aliphatic heterocycles. The van der Waals surface area contributed by atoms with Crippen molar-refractivity contribution in [2.75, 3.05) is 0 Å². The zero-order valence-corrected chi connectivity index (χ0v) is 10.5. The van der Waals surface area contributed by atoms with Gasteiger partial charge in [-0.1, -0.05) is 23.2 Å². The zero-order chi connectivity index (χ0) is 11.7. The Hall–Kier alpha value is -0.970. The maximum absolute atomic E-state index is 11.0. The van der Waals surface area contributed by atoms with Gasteiger partial charge in [-0.2, -0.15) is 0 Å². The largest absolute Gasteiger partial charge is 0.298 e. The number of aldehydes is 1. The normalized spacial score (nSPS) is 10.4. The number of halogens is 2. The van der Waals surface area contributed by atoms with Crippen LogP contribution in [0.25, 0.3) is 10.6 Å². The van der Waals surface area contributed by atoms with Gasteiger partial charge in [0.15, 0.2) is 6.29 Å². The molecule has 0 radical (unpaired) electrons. The molecule has 0 fully saturated rings. The van der Waals surface area contributed by atoms with Crippen molar-refractivity contribution in [1.82, 2.24) is 9.97 Å². The van der Waals surface area contributed by atoms with Gasteiger partial charge in [-0.3, -0.25) is 4.79 Å². The molecule has 16 heavy (non-hydrogen) atoms. The van der Waals surface area contributed by atoms with E-state index in [2.05, 4.69) is 9.97 Å². The van der Waals surface area contributed by atoms with Crippen LogP contribution in [0.1, 0.15) is 16.2 Å². The molecule has 2 aromatic heterocycles. The topological polar surface area (TPSA) is 42.9 Å². The van der Waals surface area contributed by atoms with Crippen molar-refractivity contribution in [3.8, 4) is 10.6 Å². The van der Waals surface area contributed by atoms with E-state index in [1.54, 1.807) is 13.0 Å². The summed E-state index contributed by atoms with van der Waals surface area (Å²) in [5, 5.41) is 2.54. The van der Waals surface area contributed by atoms with Gasteiger partial charge in [0, 0.05) is 0 Å². The third-order valence-electron chi connectivity index (χ3n) is 1.96. The van der Waals surface area contributed by atoms with Crippen LogP contribution in [0.2, 0.25) is 10.2 Å². The molecule has 0 N–H and O–H groups in total. The smallest absolute Gasteiger partial charge is 0.155 e. The lowest BCUT2D eigenvalue weighted by molar-refractivity contribution is 0.112. The quantitative estimate of drug-likeness (QED) is 0.619. The van der Waals surface area contributed by atoms with Crippen LogP contribution in [0, 0.1) is 6.92 Å². The van der Waals surface area contributed by atoms with Crippen molar-refractivity contribution in [3.63, 3.8) is 0 Å². The molecule has 82 valence electrons. The first kappa shape index (κ1) is 11.5. The molecular weight excluding hydrogens is 267 g/mol. The van der Waals surface area contributed by atoms with Crippen LogP contribution < -0.4 is 0 Å². The van der Waals surface area contributed by atoms with Crippen molar-refractivity contribution in [2.45, 2.75) is 6.92 Å². The lowest BCUT2D eigenvalue weighted by atomic mass is 10.2. The fourth-order valence-electron chi connectivity index (χ4n) is 1.29.